The lowest BCUT2D eigenvalue weighted by Crippen LogP contribution is -2.12. The molecule has 8 heteroatoms. The fraction of sp³-hybridized carbons (Fsp3) is 0.167. The largest absolute Gasteiger partial charge is 0.496 e. The highest BCUT2D eigenvalue weighted by molar-refractivity contribution is 7.15. The van der Waals surface area contributed by atoms with Crippen LogP contribution < -0.4 is 10.1 Å². The lowest BCUT2D eigenvalue weighted by molar-refractivity contribution is -0.136. The monoisotopic (exact) mass is 293 g/mol. The number of aromatic nitrogens is 2. The van der Waals surface area contributed by atoms with Crippen LogP contribution in [-0.2, 0) is 11.2 Å². The summed E-state index contributed by atoms with van der Waals surface area (Å²) < 4.78 is 5.09. The molecule has 0 radical (unpaired) electrons. The molecule has 0 saturated carbocycles. The van der Waals surface area contributed by atoms with Crippen molar-refractivity contribution < 1.29 is 19.4 Å². The summed E-state index contributed by atoms with van der Waals surface area (Å²) in [6.45, 7) is 0. The van der Waals surface area contributed by atoms with Crippen molar-refractivity contribution in [3.8, 4) is 5.75 Å². The summed E-state index contributed by atoms with van der Waals surface area (Å²) in [6, 6.07) is 6.76. The summed E-state index contributed by atoms with van der Waals surface area (Å²) in [5.41, 5.74) is 0.366. The topological polar surface area (TPSA) is 101 Å². The van der Waals surface area contributed by atoms with E-state index in [2.05, 4.69) is 15.5 Å². The molecular weight excluding hydrogens is 282 g/mol. The number of carboxylic acid groups (broad SMARTS) is 1. The molecule has 1 amide bonds. The second-order valence-electron chi connectivity index (χ2n) is 3.73. The normalized spacial score (nSPS) is 10.1. The summed E-state index contributed by atoms with van der Waals surface area (Å²) in [4.78, 5) is 22.6. The number of rotatable bonds is 5. The lowest BCUT2D eigenvalue weighted by Gasteiger charge is -2.06. The van der Waals surface area contributed by atoms with E-state index in [0.29, 0.717) is 16.3 Å². The first-order valence-electron chi connectivity index (χ1n) is 5.58. The van der Waals surface area contributed by atoms with Crippen molar-refractivity contribution in [2.24, 2.45) is 0 Å². The molecule has 0 spiro atoms. The molecule has 0 aliphatic carbocycles. The highest BCUT2D eigenvalue weighted by Gasteiger charge is 2.14. The van der Waals surface area contributed by atoms with Crippen LogP contribution in [0.25, 0.3) is 0 Å². The van der Waals surface area contributed by atoms with Gasteiger partial charge in [-0.25, -0.2) is 0 Å². The second kappa shape index (κ2) is 6.11. The van der Waals surface area contributed by atoms with Gasteiger partial charge in [-0.1, -0.05) is 23.5 Å². The molecule has 0 aliphatic heterocycles. The van der Waals surface area contributed by atoms with Gasteiger partial charge < -0.3 is 9.84 Å². The van der Waals surface area contributed by atoms with Crippen molar-refractivity contribution in [3.05, 3.63) is 34.8 Å². The van der Waals surface area contributed by atoms with Crippen molar-refractivity contribution in [1.82, 2.24) is 10.2 Å². The Morgan fingerprint density at radius 3 is 2.80 bits per heavy atom. The van der Waals surface area contributed by atoms with Crippen molar-refractivity contribution in [2.75, 3.05) is 12.4 Å². The van der Waals surface area contributed by atoms with Gasteiger partial charge in [0.05, 0.1) is 19.1 Å². The molecule has 0 saturated heterocycles. The van der Waals surface area contributed by atoms with Gasteiger partial charge in [-0.15, -0.1) is 10.2 Å². The molecule has 2 N–H and O–H groups in total. The highest BCUT2D eigenvalue weighted by Crippen LogP contribution is 2.21. The maximum atomic E-state index is 12.1. The molecule has 1 aromatic heterocycles. The number of hydrogen-bond acceptors (Lipinski definition) is 6. The van der Waals surface area contributed by atoms with Gasteiger partial charge in [-0.2, -0.15) is 0 Å². The van der Waals surface area contributed by atoms with E-state index < -0.39 is 5.97 Å². The molecule has 1 heterocycles. The third-order valence-electron chi connectivity index (χ3n) is 2.34. The molecule has 0 bridgehead atoms. The number of carboxylic acids is 1. The predicted molar refractivity (Wildman–Crippen MR) is 72.2 cm³/mol. The van der Waals surface area contributed by atoms with Crippen molar-refractivity contribution >= 4 is 28.3 Å². The van der Waals surface area contributed by atoms with Crippen molar-refractivity contribution in [2.45, 2.75) is 6.42 Å². The molecule has 0 unspecified atom stereocenters. The number of aliphatic carboxylic acids is 1. The minimum Gasteiger partial charge on any atom is -0.496 e. The number of para-hydroxylation sites is 1. The van der Waals surface area contributed by atoms with Crippen LogP contribution in [0.3, 0.4) is 0 Å². The number of benzene rings is 1. The van der Waals surface area contributed by atoms with Crippen LogP contribution in [0.1, 0.15) is 15.4 Å². The average Bonchev–Trinajstić information content (AvgIpc) is 2.85. The lowest BCUT2D eigenvalue weighted by atomic mass is 10.2. The first-order chi connectivity index (χ1) is 9.60. The van der Waals surface area contributed by atoms with Crippen LogP contribution in [-0.4, -0.2) is 34.3 Å². The molecule has 2 rings (SSSR count). The number of carbonyl (C=O) groups is 2. The minimum atomic E-state index is -0.997. The standard InChI is InChI=1S/C12H11N3O4S/c1-19-8-5-3-2-4-7(8)11(18)13-12-15-14-9(20-12)6-10(16)17/h2-5H,6H2,1H3,(H,16,17)(H,13,15,18). The fourth-order valence-corrected chi connectivity index (χ4v) is 2.23. The Morgan fingerprint density at radius 2 is 2.10 bits per heavy atom. The maximum absolute atomic E-state index is 12.1. The zero-order valence-corrected chi connectivity index (χ0v) is 11.3. The van der Waals surface area contributed by atoms with Gasteiger partial charge in [0.25, 0.3) is 5.91 Å². The molecule has 104 valence electrons. The van der Waals surface area contributed by atoms with Crippen molar-refractivity contribution in [3.63, 3.8) is 0 Å². The van der Waals surface area contributed by atoms with Gasteiger partial charge in [0.15, 0.2) is 0 Å². The van der Waals surface area contributed by atoms with Crippen LogP contribution in [0.5, 0.6) is 5.75 Å². The Morgan fingerprint density at radius 1 is 1.35 bits per heavy atom. The molecule has 20 heavy (non-hydrogen) atoms. The number of nitrogens with one attached hydrogen (secondary N) is 1. The van der Waals surface area contributed by atoms with E-state index in [4.69, 9.17) is 9.84 Å². The number of carbonyl (C=O) groups excluding carboxylic acids is 1. The third kappa shape index (κ3) is 3.29. The van der Waals surface area contributed by atoms with Gasteiger partial charge in [0, 0.05) is 0 Å². The Hall–Kier alpha value is -2.48. The fourth-order valence-electron chi connectivity index (χ4n) is 1.50. The number of ether oxygens (including phenoxy) is 1. The van der Waals surface area contributed by atoms with Crippen LogP contribution in [0.4, 0.5) is 5.13 Å². The summed E-state index contributed by atoms with van der Waals surface area (Å²) in [5, 5.41) is 19.2. The summed E-state index contributed by atoms with van der Waals surface area (Å²) in [7, 11) is 1.47. The van der Waals surface area contributed by atoms with Crippen molar-refractivity contribution in [1.29, 1.82) is 0 Å². The zero-order valence-electron chi connectivity index (χ0n) is 10.5. The molecular formula is C12H11N3O4S. The van der Waals surface area contributed by atoms with Crippen LogP contribution in [0, 0.1) is 0 Å². The van der Waals surface area contributed by atoms with Crippen LogP contribution in [0.15, 0.2) is 24.3 Å². The molecule has 0 fully saturated rings. The third-order valence-corrected chi connectivity index (χ3v) is 3.18. The Kier molecular flexibility index (Phi) is 4.26. The number of nitrogens with zero attached hydrogens (tertiary/aromatic N) is 2. The quantitative estimate of drug-likeness (QED) is 0.864. The number of anilines is 1. The Labute approximate surface area is 118 Å². The molecule has 0 atom stereocenters. The Balaban J connectivity index is 2.11. The Bertz CT molecular complexity index is 641. The van der Waals surface area contributed by atoms with E-state index in [1.165, 1.54) is 7.11 Å². The van der Waals surface area contributed by atoms with Crippen LogP contribution in [0.2, 0.25) is 0 Å². The molecule has 1 aromatic carbocycles. The summed E-state index contributed by atoms with van der Waals surface area (Å²) >= 11 is 1.02. The van der Waals surface area contributed by atoms with E-state index in [0.717, 1.165) is 11.3 Å². The smallest absolute Gasteiger partial charge is 0.310 e. The van der Waals surface area contributed by atoms with Gasteiger partial charge in [-0.05, 0) is 12.1 Å². The van der Waals surface area contributed by atoms with Crippen LogP contribution >= 0.6 is 11.3 Å². The predicted octanol–water partition coefficient (Wildman–Crippen LogP) is 1.43. The minimum absolute atomic E-state index is 0.220. The second-order valence-corrected chi connectivity index (χ2v) is 4.79. The number of methoxy groups -OCH3 is 1. The first-order valence-corrected chi connectivity index (χ1v) is 6.40. The van der Waals surface area contributed by atoms with Gasteiger partial charge in [0.1, 0.15) is 10.8 Å². The van der Waals surface area contributed by atoms with E-state index in [1.807, 2.05) is 0 Å². The highest BCUT2D eigenvalue weighted by atomic mass is 32.1. The van der Waals surface area contributed by atoms with Gasteiger partial charge in [-0.3, -0.25) is 14.9 Å². The first kappa shape index (κ1) is 13.9. The van der Waals surface area contributed by atoms with Gasteiger partial charge in [0.2, 0.25) is 5.13 Å². The average molecular weight is 293 g/mol. The number of hydrogen-bond donors (Lipinski definition) is 2. The van der Waals surface area contributed by atoms with E-state index in [-0.39, 0.29) is 17.5 Å². The maximum Gasteiger partial charge on any atom is 0.310 e. The summed E-state index contributed by atoms with van der Waals surface area (Å²) in [5.74, 6) is -0.940. The van der Waals surface area contributed by atoms with E-state index in [9.17, 15) is 9.59 Å². The summed E-state index contributed by atoms with van der Waals surface area (Å²) in [6.07, 6.45) is -0.220. The van der Waals surface area contributed by atoms with E-state index >= 15 is 0 Å². The van der Waals surface area contributed by atoms with E-state index in [1.54, 1.807) is 24.3 Å². The molecule has 0 aliphatic rings. The molecule has 7 nitrogen and oxygen atoms in total. The molecule has 2 aromatic rings. The SMILES string of the molecule is COc1ccccc1C(=O)Nc1nnc(CC(=O)O)s1. The van der Waals surface area contributed by atoms with Gasteiger partial charge >= 0.3 is 5.97 Å². The number of amides is 1. The zero-order chi connectivity index (χ0) is 14.5.